The van der Waals surface area contributed by atoms with Crippen LogP contribution in [0.1, 0.15) is 11.1 Å². The minimum atomic E-state index is -4.31. The summed E-state index contributed by atoms with van der Waals surface area (Å²) < 4.78 is 36.7. The zero-order valence-electron chi connectivity index (χ0n) is 6.94. The van der Waals surface area contributed by atoms with Crippen LogP contribution in [-0.2, 0) is 12.7 Å². The normalized spacial score (nSPS) is 10.9. The van der Waals surface area contributed by atoms with Gasteiger partial charge < -0.3 is 5.73 Å². The van der Waals surface area contributed by atoms with Crippen molar-refractivity contribution >= 4 is 28.3 Å². The number of alkyl halides is 3. The molecule has 0 heterocycles. The van der Waals surface area contributed by atoms with Crippen LogP contribution < -0.4 is 5.73 Å². The summed E-state index contributed by atoms with van der Waals surface area (Å²) in [5.74, 6) is 0. The van der Waals surface area contributed by atoms with Crippen molar-refractivity contribution in [3.8, 4) is 0 Å². The SMILES string of the molecule is Cl.NCc1ccc(C(F)(F)F)c(Br)c1. The standard InChI is InChI=1S/C8H7BrF3N.ClH/c9-7-3-5(4-13)1-2-6(7)8(10,11)12;/h1-3H,4,13H2;1H. The summed E-state index contributed by atoms with van der Waals surface area (Å²) in [6.45, 7) is 0.233. The van der Waals surface area contributed by atoms with Crippen molar-refractivity contribution in [2.75, 3.05) is 0 Å². The first-order valence-corrected chi connectivity index (χ1v) is 4.30. The molecule has 0 bridgehead atoms. The molecule has 80 valence electrons. The molecule has 0 aliphatic heterocycles. The zero-order valence-corrected chi connectivity index (χ0v) is 9.34. The summed E-state index contributed by atoms with van der Waals surface area (Å²) in [7, 11) is 0. The van der Waals surface area contributed by atoms with E-state index in [1.54, 1.807) is 0 Å². The molecule has 6 heteroatoms. The van der Waals surface area contributed by atoms with Gasteiger partial charge in [-0.25, -0.2) is 0 Å². The van der Waals surface area contributed by atoms with Gasteiger partial charge in [0.15, 0.2) is 0 Å². The van der Waals surface area contributed by atoms with Crippen LogP contribution in [-0.4, -0.2) is 0 Å². The van der Waals surface area contributed by atoms with Gasteiger partial charge in [-0.05, 0) is 17.7 Å². The first kappa shape index (κ1) is 13.7. The molecule has 0 aliphatic rings. The zero-order chi connectivity index (χ0) is 10.1. The molecule has 0 aliphatic carbocycles. The fourth-order valence-electron chi connectivity index (χ4n) is 0.915. The second kappa shape index (κ2) is 5.00. The van der Waals surface area contributed by atoms with Gasteiger partial charge >= 0.3 is 6.18 Å². The van der Waals surface area contributed by atoms with Gasteiger partial charge in [0.05, 0.1) is 5.56 Å². The molecule has 0 unspecified atom stereocenters. The maximum atomic E-state index is 12.2. The van der Waals surface area contributed by atoms with Crippen molar-refractivity contribution in [1.29, 1.82) is 0 Å². The fraction of sp³-hybridized carbons (Fsp3) is 0.250. The Morgan fingerprint density at radius 1 is 1.29 bits per heavy atom. The third-order valence-electron chi connectivity index (χ3n) is 1.57. The van der Waals surface area contributed by atoms with Crippen LogP contribution in [0.5, 0.6) is 0 Å². The molecule has 0 atom stereocenters. The Morgan fingerprint density at radius 2 is 1.86 bits per heavy atom. The molecule has 0 amide bonds. The number of rotatable bonds is 1. The number of benzene rings is 1. The van der Waals surface area contributed by atoms with Crippen molar-refractivity contribution in [3.63, 3.8) is 0 Å². The molecule has 0 aromatic heterocycles. The predicted octanol–water partition coefficient (Wildman–Crippen LogP) is 3.35. The predicted molar refractivity (Wildman–Crippen MR) is 54.3 cm³/mol. The van der Waals surface area contributed by atoms with Gasteiger partial charge in [-0.2, -0.15) is 13.2 Å². The van der Waals surface area contributed by atoms with Crippen LogP contribution in [0.3, 0.4) is 0 Å². The lowest BCUT2D eigenvalue weighted by Gasteiger charge is -2.09. The van der Waals surface area contributed by atoms with Gasteiger partial charge in [-0.3, -0.25) is 0 Å². The van der Waals surface area contributed by atoms with Gasteiger partial charge in [-0.15, -0.1) is 12.4 Å². The van der Waals surface area contributed by atoms with E-state index in [4.69, 9.17) is 5.73 Å². The van der Waals surface area contributed by atoms with Crippen molar-refractivity contribution in [1.82, 2.24) is 0 Å². The first-order valence-electron chi connectivity index (χ1n) is 3.51. The maximum absolute atomic E-state index is 12.2. The van der Waals surface area contributed by atoms with Crippen molar-refractivity contribution < 1.29 is 13.2 Å². The summed E-state index contributed by atoms with van der Waals surface area (Å²) in [6, 6.07) is 3.77. The van der Waals surface area contributed by atoms with Crippen LogP contribution in [0.4, 0.5) is 13.2 Å². The first-order chi connectivity index (χ1) is 5.95. The summed E-state index contributed by atoms with van der Waals surface area (Å²) in [4.78, 5) is 0. The Bertz CT molecular complexity index is 314. The third kappa shape index (κ3) is 3.15. The largest absolute Gasteiger partial charge is 0.417 e. The highest BCUT2D eigenvalue weighted by Gasteiger charge is 2.32. The van der Waals surface area contributed by atoms with Crippen molar-refractivity contribution in [2.24, 2.45) is 5.73 Å². The fourth-order valence-corrected chi connectivity index (χ4v) is 1.57. The van der Waals surface area contributed by atoms with E-state index in [9.17, 15) is 13.2 Å². The van der Waals surface area contributed by atoms with Gasteiger partial charge in [0.2, 0.25) is 0 Å². The molecule has 1 nitrogen and oxygen atoms in total. The molecular formula is C8H8BrClF3N. The molecule has 2 N–H and O–H groups in total. The molecule has 1 aromatic carbocycles. The molecule has 0 saturated carbocycles. The van der Waals surface area contributed by atoms with Crippen LogP contribution in [0.15, 0.2) is 22.7 Å². The van der Waals surface area contributed by atoms with Gasteiger partial charge in [0, 0.05) is 11.0 Å². The Morgan fingerprint density at radius 3 is 2.21 bits per heavy atom. The second-order valence-corrected chi connectivity index (χ2v) is 3.37. The maximum Gasteiger partial charge on any atom is 0.417 e. The smallest absolute Gasteiger partial charge is 0.326 e. The Kier molecular flexibility index (Phi) is 4.91. The summed E-state index contributed by atoms with van der Waals surface area (Å²) in [5.41, 5.74) is 5.27. The molecule has 14 heavy (non-hydrogen) atoms. The van der Waals surface area contributed by atoms with Crippen molar-refractivity contribution in [3.05, 3.63) is 33.8 Å². The van der Waals surface area contributed by atoms with Crippen LogP contribution in [0.25, 0.3) is 0 Å². The molecule has 0 radical (unpaired) electrons. The van der Waals surface area contributed by atoms with Crippen LogP contribution >= 0.6 is 28.3 Å². The quantitative estimate of drug-likeness (QED) is 0.843. The average Bonchev–Trinajstić information content (AvgIpc) is 2.01. The van der Waals surface area contributed by atoms with Gasteiger partial charge in [-0.1, -0.05) is 22.0 Å². The highest BCUT2D eigenvalue weighted by molar-refractivity contribution is 9.10. The molecule has 1 rings (SSSR count). The molecule has 0 saturated heterocycles. The van der Waals surface area contributed by atoms with Gasteiger partial charge in [0.25, 0.3) is 0 Å². The number of hydrogen-bond acceptors (Lipinski definition) is 1. The third-order valence-corrected chi connectivity index (χ3v) is 2.23. The van der Waals surface area contributed by atoms with Crippen LogP contribution in [0.2, 0.25) is 0 Å². The highest BCUT2D eigenvalue weighted by atomic mass is 79.9. The van der Waals surface area contributed by atoms with Crippen LogP contribution in [0, 0.1) is 0 Å². The van der Waals surface area contributed by atoms with E-state index < -0.39 is 11.7 Å². The van der Waals surface area contributed by atoms with E-state index in [0.29, 0.717) is 5.56 Å². The minimum Gasteiger partial charge on any atom is -0.326 e. The summed E-state index contributed by atoms with van der Waals surface area (Å²) in [5, 5.41) is 0. The molecule has 0 fully saturated rings. The lowest BCUT2D eigenvalue weighted by molar-refractivity contribution is -0.138. The van der Waals surface area contributed by atoms with E-state index in [1.165, 1.54) is 12.1 Å². The second-order valence-electron chi connectivity index (χ2n) is 2.52. The minimum absolute atomic E-state index is 0. The summed E-state index contributed by atoms with van der Waals surface area (Å²) in [6.07, 6.45) is -4.31. The summed E-state index contributed by atoms with van der Waals surface area (Å²) >= 11 is 2.85. The van der Waals surface area contributed by atoms with E-state index >= 15 is 0 Å². The Balaban J connectivity index is 0.00000169. The average molecular weight is 291 g/mol. The van der Waals surface area contributed by atoms with E-state index in [0.717, 1.165) is 6.07 Å². The highest BCUT2D eigenvalue weighted by Crippen LogP contribution is 2.34. The molecule has 1 aromatic rings. The monoisotopic (exact) mass is 289 g/mol. The number of hydrogen-bond donors (Lipinski definition) is 1. The van der Waals surface area contributed by atoms with E-state index in [-0.39, 0.29) is 23.4 Å². The molecular weight excluding hydrogens is 282 g/mol. The number of halogens is 5. The Labute approximate surface area is 94.0 Å². The molecule has 0 spiro atoms. The van der Waals surface area contributed by atoms with Crippen molar-refractivity contribution in [2.45, 2.75) is 12.7 Å². The van der Waals surface area contributed by atoms with Gasteiger partial charge in [0.1, 0.15) is 0 Å². The van der Waals surface area contributed by atoms with E-state index in [2.05, 4.69) is 15.9 Å². The lowest BCUT2D eigenvalue weighted by atomic mass is 10.1. The topological polar surface area (TPSA) is 26.0 Å². The lowest BCUT2D eigenvalue weighted by Crippen LogP contribution is -2.07. The number of nitrogens with two attached hydrogens (primary N) is 1. The van der Waals surface area contributed by atoms with E-state index in [1.807, 2.05) is 0 Å². The Hall–Kier alpha value is -0.260.